The van der Waals surface area contributed by atoms with E-state index in [1.165, 1.54) is 0 Å². The second-order valence-corrected chi connectivity index (χ2v) is 5.53. The molecule has 0 saturated heterocycles. The van der Waals surface area contributed by atoms with Crippen molar-refractivity contribution >= 4 is 5.97 Å². The largest absolute Gasteiger partial charge is 0.550 e. The van der Waals surface area contributed by atoms with Crippen molar-refractivity contribution in [2.75, 3.05) is 20.2 Å². The number of carbonyl (C=O) groups is 1. The molecule has 2 unspecified atom stereocenters. The number of aliphatic hydroxyl groups excluding tert-OH is 3. The summed E-state index contributed by atoms with van der Waals surface area (Å²) in [7, 11) is 1.83. The van der Waals surface area contributed by atoms with E-state index >= 15 is 0 Å². The lowest BCUT2D eigenvalue weighted by Gasteiger charge is -2.42. The summed E-state index contributed by atoms with van der Waals surface area (Å²) in [6, 6.07) is 0. The van der Waals surface area contributed by atoms with Crippen molar-refractivity contribution in [2.24, 2.45) is 0 Å². The summed E-state index contributed by atoms with van der Waals surface area (Å²) in [5.41, 5.74) is 0. The molecule has 0 aliphatic rings. The summed E-state index contributed by atoms with van der Waals surface area (Å²) in [6.45, 7) is 5.52. The fourth-order valence-electron chi connectivity index (χ4n) is 2.08. The number of rotatable bonds is 10. The zero-order chi connectivity index (χ0) is 16.9. The fraction of sp³-hybridized carbons (Fsp3) is 0.933. The Kier molecular flexibility index (Phi) is 14.0. The number of aliphatic carboxylic acids is 1. The zero-order valence-electron chi connectivity index (χ0n) is 13.9. The minimum absolute atomic E-state index is 0.0110. The molecule has 0 aromatic heterocycles. The Hall–Kier alpha value is -0.690. The number of unbranched alkanes of at least 4 members (excludes halogenated alkanes) is 2. The van der Waals surface area contributed by atoms with Gasteiger partial charge in [-0.3, -0.25) is 4.48 Å². The van der Waals surface area contributed by atoms with Crippen LogP contribution in [-0.2, 0) is 4.79 Å². The molecule has 0 aliphatic carbocycles. The molecular weight excluding hydrogens is 274 g/mol. The van der Waals surface area contributed by atoms with Crippen molar-refractivity contribution in [1.82, 2.24) is 0 Å². The molecule has 0 aromatic carbocycles. The van der Waals surface area contributed by atoms with Crippen molar-refractivity contribution in [3.05, 3.63) is 0 Å². The molecule has 0 amide bonds. The zero-order valence-corrected chi connectivity index (χ0v) is 13.9. The standard InChI is InChI=1S/C13H30NO3.C2H4O2/c1-4-6-8-12(16)14(3,10-11-15)13(17)9-7-5-2;1-2(3)4/h12-13,15-17H,4-11H2,1-3H3;1H3,(H,3,4)/q+1;/p-1. The lowest BCUT2D eigenvalue weighted by Crippen LogP contribution is -2.60. The van der Waals surface area contributed by atoms with E-state index in [1.807, 2.05) is 7.05 Å². The Morgan fingerprint density at radius 1 is 1.10 bits per heavy atom. The average molecular weight is 307 g/mol. The van der Waals surface area contributed by atoms with Crippen LogP contribution in [0.5, 0.6) is 0 Å². The van der Waals surface area contributed by atoms with Gasteiger partial charge in [0.05, 0.1) is 13.7 Å². The van der Waals surface area contributed by atoms with E-state index in [0.29, 0.717) is 19.4 Å². The summed E-state index contributed by atoms with van der Waals surface area (Å²) < 4.78 is 0.149. The Bertz CT molecular complexity index is 242. The lowest BCUT2D eigenvalue weighted by molar-refractivity contribution is -0.995. The van der Waals surface area contributed by atoms with E-state index in [-0.39, 0.29) is 11.1 Å². The van der Waals surface area contributed by atoms with Crippen LogP contribution in [-0.4, -0.2) is 58.4 Å². The Morgan fingerprint density at radius 3 is 1.67 bits per heavy atom. The molecule has 0 saturated carbocycles. The molecule has 0 fully saturated rings. The van der Waals surface area contributed by atoms with E-state index in [9.17, 15) is 10.2 Å². The predicted molar refractivity (Wildman–Crippen MR) is 79.9 cm³/mol. The maximum Gasteiger partial charge on any atom is 0.192 e. The van der Waals surface area contributed by atoms with Gasteiger partial charge in [-0.1, -0.05) is 26.7 Å². The van der Waals surface area contributed by atoms with Gasteiger partial charge in [-0.25, -0.2) is 0 Å². The number of carboxylic acids is 1. The molecule has 6 heteroatoms. The monoisotopic (exact) mass is 307 g/mol. The number of quaternary nitrogens is 1. The predicted octanol–water partition coefficient (Wildman–Crippen LogP) is 0.199. The highest BCUT2D eigenvalue weighted by Gasteiger charge is 2.36. The highest BCUT2D eigenvalue weighted by atomic mass is 16.4. The van der Waals surface area contributed by atoms with Crippen LogP contribution >= 0.6 is 0 Å². The first kappa shape index (κ1) is 22.6. The molecule has 21 heavy (non-hydrogen) atoms. The molecule has 0 aliphatic heterocycles. The van der Waals surface area contributed by atoms with E-state index in [0.717, 1.165) is 32.6 Å². The van der Waals surface area contributed by atoms with E-state index < -0.39 is 18.4 Å². The van der Waals surface area contributed by atoms with Gasteiger partial charge < -0.3 is 25.2 Å². The van der Waals surface area contributed by atoms with Gasteiger partial charge in [0.25, 0.3) is 0 Å². The topological polar surface area (TPSA) is 101 Å². The van der Waals surface area contributed by atoms with Crippen molar-refractivity contribution in [3.8, 4) is 0 Å². The Labute approximate surface area is 128 Å². The summed E-state index contributed by atoms with van der Waals surface area (Å²) in [5.74, 6) is -1.08. The average Bonchev–Trinajstić information content (AvgIpc) is 2.41. The van der Waals surface area contributed by atoms with Crippen LogP contribution in [0, 0.1) is 0 Å². The molecule has 0 aromatic rings. The van der Waals surface area contributed by atoms with E-state index in [2.05, 4.69) is 13.8 Å². The van der Waals surface area contributed by atoms with Crippen LogP contribution in [0.2, 0.25) is 0 Å². The van der Waals surface area contributed by atoms with Crippen molar-refractivity contribution in [1.29, 1.82) is 0 Å². The Balaban J connectivity index is 0. The van der Waals surface area contributed by atoms with Crippen molar-refractivity contribution in [2.45, 2.75) is 71.8 Å². The van der Waals surface area contributed by atoms with Crippen LogP contribution < -0.4 is 5.11 Å². The number of carboxylic acid groups (broad SMARTS) is 1. The first-order valence-corrected chi connectivity index (χ1v) is 7.75. The second-order valence-electron chi connectivity index (χ2n) is 5.53. The quantitative estimate of drug-likeness (QED) is 0.395. The van der Waals surface area contributed by atoms with Gasteiger partial charge in [0.1, 0.15) is 6.54 Å². The lowest BCUT2D eigenvalue weighted by atomic mass is 10.1. The molecule has 0 bridgehead atoms. The number of nitrogens with zero attached hydrogens (tertiary/aromatic N) is 1. The maximum atomic E-state index is 10.2. The maximum absolute atomic E-state index is 10.2. The number of aliphatic hydroxyl groups is 3. The van der Waals surface area contributed by atoms with Gasteiger partial charge in [0.15, 0.2) is 12.5 Å². The molecule has 6 nitrogen and oxygen atoms in total. The summed E-state index contributed by atoms with van der Waals surface area (Å²) >= 11 is 0. The summed E-state index contributed by atoms with van der Waals surface area (Å²) in [6.07, 6.45) is 4.12. The van der Waals surface area contributed by atoms with Gasteiger partial charge in [-0.2, -0.15) is 0 Å². The smallest absolute Gasteiger partial charge is 0.192 e. The SMILES string of the molecule is CC(=O)[O-].CCCCC(O)[N+](C)(CCO)C(O)CCCC. The molecule has 0 radical (unpaired) electrons. The normalized spacial score (nSPS) is 16.3. The highest BCUT2D eigenvalue weighted by Crippen LogP contribution is 2.21. The Morgan fingerprint density at radius 2 is 1.43 bits per heavy atom. The number of hydrogen-bond acceptors (Lipinski definition) is 5. The molecule has 3 N–H and O–H groups in total. The van der Waals surface area contributed by atoms with E-state index in [1.54, 1.807) is 0 Å². The minimum Gasteiger partial charge on any atom is -0.550 e. The molecule has 0 heterocycles. The third-order valence-corrected chi connectivity index (χ3v) is 3.58. The van der Waals surface area contributed by atoms with Gasteiger partial charge in [0, 0.05) is 18.8 Å². The van der Waals surface area contributed by atoms with Crippen molar-refractivity contribution in [3.63, 3.8) is 0 Å². The van der Waals surface area contributed by atoms with Gasteiger partial charge >= 0.3 is 0 Å². The van der Waals surface area contributed by atoms with Gasteiger partial charge in [-0.15, -0.1) is 0 Å². The van der Waals surface area contributed by atoms with Crippen molar-refractivity contribution < 1.29 is 29.7 Å². The summed E-state index contributed by atoms with van der Waals surface area (Å²) in [5, 5.41) is 38.4. The molecule has 0 spiro atoms. The van der Waals surface area contributed by atoms with Gasteiger partial charge in [-0.05, 0) is 19.8 Å². The number of hydrogen-bond donors (Lipinski definition) is 3. The summed E-state index contributed by atoms with van der Waals surface area (Å²) in [4.78, 5) is 8.89. The minimum atomic E-state index is -1.08. The van der Waals surface area contributed by atoms with Crippen LogP contribution in [0.15, 0.2) is 0 Å². The highest BCUT2D eigenvalue weighted by molar-refractivity contribution is 5.60. The van der Waals surface area contributed by atoms with Crippen LogP contribution in [0.3, 0.4) is 0 Å². The molecule has 128 valence electrons. The number of carbonyl (C=O) groups excluding carboxylic acids is 1. The first-order chi connectivity index (χ1) is 9.76. The second kappa shape index (κ2) is 13.0. The molecule has 2 atom stereocenters. The number of likely N-dealkylation sites (N-methyl/N-ethyl adjacent to an activating group) is 1. The third-order valence-electron chi connectivity index (χ3n) is 3.58. The van der Waals surface area contributed by atoms with E-state index in [4.69, 9.17) is 15.0 Å². The molecule has 0 rings (SSSR count). The third kappa shape index (κ3) is 10.6. The van der Waals surface area contributed by atoms with Crippen LogP contribution in [0.1, 0.15) is 59.3 Å². The van der Waals surface area contributed by atoms with Crippen LogP contribution in [0.25, 0.3) is 0 Å². The first-order valence-electron chi connectivity index (χ1n) is 7.75. The van der Waals surface area contributed by atoms with Crippen LogP contribution in [0.4, 0.5) is 0 Å². The molecular formula is C15H33NO5. The fourth-order valence-corrected chi connectivity index (χ4v) is 2.08. The van der Waals surface area contributed by atoms with Gasteiger partial charge in [0.2, 0.25) is 0 Å².